The van der Waals surface area contributed by atoms with Gasteiger partial charge in [0.25, 0.3) is 5.19 Å². The molecule has 214 valence electrons. The number of esters is 2. The smallest absolute Gasteiger partial charge is 0.404 e. The first-order valence-electron chi connectivity index (χ1n) is 13.7. The number of carbonyl (C=O) groups is 3. The summed E-state index contributed by atoms with van der Waals surface area (Å²) in [7, 11) is 0. The van der Waals surface area contributed by atoms with E-state index >= 15 is 0 Å². The predicted octanol–water partition coefficient (Wildman–Crippen LogP) is -0.769. The number of fused-ring (bicyclic) bond motifs is 1. The number of piperidine rings is 1. The molecule has 1 amide bonds. The molecule has 14 heteroatoms. The molecule has 6 rings (SSSR count). The molecule has 2 N–H and O–H groups in total. The Balaban J connectivity index is 1.16. The van der Waals surface area contributed by atoms with Crippen molar-refractivity contribution in [3.8, 4) is 5.19 Å². The van der Waals surface area contributed by atoms with E-state index in [1.165, 1.54) is 40.4 Å². The lowest BCUT2D eigenvalue weighted by Gasteiger charge is -2.43. The minimum Gasteiger partial charge on any atom is -0.467 e. The SMILES string of the molecule is O=C1OC(C(=O)N2CCc3nc(OC4CCN(C5CCC5)CC4)sc3C2)(N2CCOCC2)OC(=O)C(O)C1O. The van der Waals surface area contributed by atoms with Crippen molar-refractivity contribution in [1.29, 1.82) is 0 Å². The van der Waals surface area contributed by atoms with E-state index < -0.39 is 36.0 Å². The van der Waals surface area contributed by atoms with Gasteiger partial charge in [0, 0.05) is 45.2 Å². The third-order valence-electron chi connectivity index (χ3n) is 8.29. The molecule has 0 bridgehead atoms. The second-order valence-corrected chi connectivity index (χ2v) is 11.7. The number of hydrogen-bond donors (Lipinski definition) is 2. The molecule has 1 aromatic heterocycles. The van der Waals surface area contributed by atoms with Gasteiger partial charge in [0.05, 0.1) is 30.3 Å². The number of aliphatic hydroxyl groups excluding tert-OH is 2. The van der Waals surface area contributed by atoms with Gasteiger partial charge in [-0.1, -0.05) is 17.8 Å². The summed E-state index contributed by atoms with van der Waals surface area (Å²) in [6.07, 6.45) is 2.08. The van der Waals surface area contributed by atoms with Crippen LogP contribution in [0.5, 0.6) is 5.19 Å². The van der Waals surface area contributed by atoms with Gasteiger partial charge in [-0.15, -0.1) is 0 Å². The first-order chi connectivity index (χ1) is 18.8. The first kappa shape index (κ1) is 26.8. The molecule has 1 aliphatic carbocycles. The Morgan fingerprint density at radius 1 is 0.974 bits per heavy atom. The van der Waals surface area contributed by atoms with Crippen molar-refractivity contribution in [2.45, 2.75) is 75.3 Å². The van der Waals surface area contributed by atoms with Gasteiger partial charge in [0.2, 0.25) is 0 Å². The number of rotatable bonds is 5. The molecule has 4 aliphatic heterocycles. The Hall–Kier alpha value is -2.36. The minimum absolute atomic E-state index is 0.110. The average molecular weight is 567 g/mol. The summed E-state index contributed by atoms with van der Waals surface area (Å²) in [4.78, 5) is 50.0. The van der Waals surface area contributed by atoms with Crippen molar-refractivity contribution < 1.29 is 43.5 Å². The van der Waals surface area contributed by atoms with Crippen molar-refractivity contribution in [2.75, 3.05) is 45.9 Å². The van der Waals surface area contributed by atoms with E-state index in [0.717, 1.165) is 42.5 Å². The molecule has 2 atom stereocenters. The monoisotopic (exact) mass is 566 g/mol. The van der Waals surface area contributed by atoms with Crippen molar-refractivity contribution in [2.24, 2.45) is 0 Å². The molecular formula is C25H34N4O9S. The molecule has 39 heavy (non-hydrogen) atoms. The molecule has 3 saturated heterocycles. The number of amides is 1. The second-order valence-electron chi connectivity index (χ2n) is 10.7. The van der Waals surface area contributed by atoms with Gasteiger partial charge >= 0.3 is 23.8 Å². The van der Waals surface area contributed by atoms with Crippen molar-refractivity contribution in [3.05, 3.63) is 10.6 Å². The Labute approximate surface area is 229 Å². The second kappa shape index (κ2) is 10.9. The summed E-state index contributed by atoms with van der Waals surface area (Å²) in [6, 6.07) is 0.737. The molecule has 4 fully saturated rings. The van der Waals surface area contributed by atoms with Gasteiger partial charge in [-0.25, -0.2) is 19.5 Å². The maximum absolute atomic E-state index is 14.0. The van der Waals surface area contributed by atoms with Gasteiger partial charge < -0.3 is 39.0 Å². The van der Waals surface area contributed by atoms with Crippen LogP contribution in [0.1, 0.15) is 42.7 Å². The molecule has 5 aliphatic rings. The molecule has 0 spiro atoms. The summed E-state index contributed by atoms with van der Waals surface area (Å²) >= 11 is 1.39. The van der Waals surface area contributed by atoms with Crippen LogP contribution in [0.15, 0.2) is 0 Å². The number of likely N-dealkylation sites (tertiary alicyclic amines) is 1. The van der Waals surface area contributed by atoms with Crippen molar-refractivity contribution in [1.82, 2.24) is 19.7 Å². The molecule has 0 radical (unpaired) electrons. The van der Waals surface area contributed by atoms with E-state index in [1.54, 1.807) is 0 Å². The Bertz CT molecular complexity index is 1080. The average Bonchev–Trinajstić information content (AvgIpc) is 3.29. The molecule has 1 aromatic rings. The predicted molar refractivity (Wildman–Crippen MR) is 133 cm³/mol. The van der Waals surface area contributed by atoms with E-state index in [2.05, 4.69) is 9.88 Å². The fraction of sp³-hybridized carbons (Fsp3) is 0.760. The fourth-order valence-corrected chi connectivity index (χ4v) is 6.77. The first-order valence-corrected chi connectivity index (χ1v) is 14.5. The number of cyclic esters (lactones) is 2. The van der Waals surface area contributed by atoms with Crippen LogP contribution in [-0.2, 0) is 41.6 Å². The van der Waals surface area contributed by atoms with Gasteiger partial charge in [-0.3, -0.25) is 4.79 Å². The van der Waals surface area contributed by atoms with Crippen LogP contribution in [0.4, 0.5) is 0 Å². The van der Waals surface area contributed by atoms with Crippen LogP contribution in [0.2, 0.25) is 0 Å². The van der Waals surface area contributed by atoms with Crippen LogP contribution < -0.4 is 4.74 Å². The van der Waals surface area contributed by atoms with E-state index in [0.29, 0.717) is 11.6 Å². The van der Waals surface area contributed by atoms with E-state index in [1.807, 2.05) is 0 Å². The number of thiazole rings is 1. The number of carbonyl (C=O) groups excluding carboxylic acids is 3. The molecule has 13 nitrogen and oxygen atoms in total. The van der Waals surface area contributed by atoms with Gasteiger partial charge in [-0.2, -0.15) is 0 Å². The third kappa shape index (κ3) is 5.13. The summed E-state index contributed by atoms with van der Waals surface area (Å²) < 4.78 is 22.4. The zero-order valence-corrected chi connectivity index (χ0v) is 22.5. The lowest BCUT2D eigenvalue weighted by atomic mass is 9.90. The quantitative estimate of drug-likeness (QED) is 0.431. The van der Waals surface area contributed by atoms with Crippen LogP contribution in [0.3, 0.4) is 0 Å². The molecule has 1 saturated carbocycles. The van der Waals surface area contributed by atoms with Crippen LogP contribution in [0, 0.1) is 0 Å². The number of aliphatic hydroxyl groups is 2. The minimum atomic E-state index is -2.45. The lowest BCUT2D eigenvalue weighted by molar-refractivity contribution is -0.285. The van der Waals surface area contributed by atoms with Gasteiger partial charge in [-0.05, 0) is 25.7 Å². The standard InChI is InChI=1S/C25H34N4O9S/c30-19-20(31)22(33)38-25(37-21(19)32,29-10-12-35-13-11-29)23(34)28-9-6-17-18(14-28)39-24(26-17)36-16-4-7-27(8-5-16)15-2-1-3-15/h15-16,19-20,30-31H,1-14H2. The van der Waals surface area contributed by atoms with E-state index in [4.69, 9.17) is 18.9 Å². The number of hydrogen-bond acceptors (Lipinski definition) is 13. The fourth-order valence-electron chi connectivity index (χ4n) is 5.73. The van der Waals surface area contributed by atoms with Crippen LogP contribution >= 0.6 is 11.3 Å². The highest BCUT2D eigenvalue weighted by Gasteiger charge is 2.59. The van der Waals surface area contributed by atoms with Gasteiger partial charge in [0.15, 0.2) is 12.2 Å². The van der Waals surface area contributed by atoms with Crippen LogP contribution in [0.25, 0.3) is 0 Å². The maximum Gasteiger partial charge on any atom is 0.404 e. The summed E-state index contributed by atoms with van der Waals surface area (Å²) in [6.45, 7) is 3.19. The molecule has 0 aromatic carbocycles. The number of ether oxygens (including phenoxy) is 4. The largest absolute Gasteiger partial charge is 0.467 e. The molecule has 2 unspecified atom stereocenters. The van der Waals surface area contributed by atoms with E-state index in [9.17, 15) is 24.6 Å². The van der Waals surface area contributed by atoms with Crippen molar-refractivity contribution in [3.63, 3.8) is 0 Å². The Kier molecular flexibility index (Phi) is 7.50. The highest BCUT2D eigenvalue weighted by Crippen LogP contribution is 2.35. The third-order valence-corrected chi connectivity index (χ3v) is 9.26. The number of nitrogens with zero attached hydrogens (tertiary/aromatic N) is 4. The summed E-state index contributed by atoms with van der Waals surface area (Å²) in [5.74, 6) is -5.85. The van der Waals surface area contributed by atoms with E-state index in [-0.39, 0.29) is 45.5 Å². The Morgan fingerprint density at radius 3 is 2.26 bits per heavy atom. The number of morpholine rings is 1. The summed E-state index contributed by atoms with van der Waals surface area (Å²) in [5, 5.41) is 20.6. The van der Waals surface area contributed by atoms with Gasteiger partial charge in [0.1, 0.15) is 6.10 Å². The highest BCUT2D eigenvalue weighted by molar-refractivity contribution is 7.13. The maximum atomic E-state index is 14.0. The van der Waals surface area contributed by atoms with Crippen molar-refractivity contribution >= 4 is 29.2 Å². The zero-order valence-electron chi connectivity index (χ0n) is 21.7. The molecular weight excluding hydrogens is 532 g/mol. The van der Waals surface area contributed by atoms with Crippen LogP contribution in [-0.4, -0.2) is 124 Å². The zero-order chi connectivity index (χ0) is 27.1. The summed E-state index contributed by atoms with van der Waals surface area (Å²) in [5.41, 5.74) is 0.854. The lowest BCUT2D eigenvalue weighted by Crippen LogP contribution is -2.66. The Morgan fingerprint density at radius 2 is 1.64 bits per heavy atom. The topological polar surface area (TPSA) is 151 Å². The molecule has 5 heterocycles. The normalized spacial score (nSPS) is 31.6. The highest BCUT2D eigenvalue weighted by atomic mass is 32.1. The number of aromatic nitrogens is 1.